The van der Waals surface area contributed by atoms with Gasteiger partial charge in [-0.1, -0.05) is 19.7 Å². The number of hydrogen-bond donors (Lipinski definition) is 0. The van der Waals surface area contributed by atoms with E-state index in [0.717, 1.165) is 0 Å². The normalized spacial score (nSPS) is 9.83. The van der Waals surface area contributed by atoms with Crippen LogP contribution in [-0.2, 0) is 57.2 Å². The van der Waals surface area contributed by atoms with Gasteiger partial charge in [0.2, 0.25) is 0 Å². The third kappa shape index (κ3) is 13.1. The van der Waals surface area contributed by atoms with E-state index in [4.69, 9.17) is 18.9 Å². The second kappa shape index (κ2) is 18.4. The lowest BCUT2D eigenvalue weighted by molar-refractivity contribution is -0.150. The zero-order chi connectivity index (χ0) is 27.5. The third-order valence-corrected chi connectivity index (χ3v) is 4.04. The van der Waals surface area contributed by atoms with E-state index in [1.807, 2.05) is 0 Å². The number of hydrogen-bond acceptors (Lipinski definition) is 12. The summed E-state index contributed by atoms with van der Waals surface area (Å²) in [6.07, 6.45) is 1.27. The van der Waals surface area contributed by atoms with Crippen LogP contribution in [0.2, 0.25) is 0 Å². The quantitative estimate of drug-likeness (QED) is 0.0652. The molecule has 0 amide bonds. The molecule has 0 aliphatic carbocycles. The van der Waals surface area contributed by atoms with Gasteiger partial charge in [0.05, 0.1) is 39.6 Å². The van der Waals surface area contributed by atoms with Crippen LogP contribution < -0.4 is 0 Å². The number of ether oxygens (including phenoxy) is 6. The van der Waals surface area contributed by atoms with Gasteiger partial charge in [-0.3, -0.25) is 0 Å². The second-order valence-electron chi connectivity index (χ2n) is 6.83. The Labute approximate surface area is 209 Å². The first-order chi connectivity index (χ1) is 17.1. The van der Waals surface area contributed by atoms with E-state index in [1.54, 1.807) is 13.8 Å². The number of esters is 6. The van der Waals surface area contributed by atoms with Crippen LogP contribution in [0.25, 0.3) is 0 Å². The standard InChI is InChI=1S/C24H32O12/c1-6-31-19(25)16(3)21(27)33-12-8-10-14-35-23(29)18(5)24(30)36-15-11-9-13-34-22(28)17(4)20(26)32-7-2/h3-15H2,1-2H3. The van der Waals surface area contributed by atoms with Gasteiger partial charge in [0.25, 0.3) is 0 Å². The first-order valence-electron chi connectivity index (χ1n) is 11.2. The molecule has 0 N–H and O–H groups in total. The van der Waals surface area contributed by atoms with Crippen molar-refractivity contribution in [1.82, 2.24) is 0 Å². The zero-order valence-corrected chi connectivity index (χ0v) is 20.6. The Morgan fingerprint density at radius 2 is 0.611 bits per heavy atom. The van der Waals surface area contributed by atoms with Crippen LogP contribution in [0.15, 0.2) is 36.5 Å². The molecule has 12 nitrogen and oxygen atoms in total. The Bertz CT molecular complexity index is 787. The highest BCUT2D eigenvalue weighted by Crippen LogP contribution is 2.05. The van der Waals surface area contributed by atoms with E-state index in [0.29, 0.717) is 25.7 Å². The fourth-order valence-electron chi connectivity index (χ4n) is 2.10. The van der Waals surface area contributed by atoms with Gasteiger partial charge >= 0.3 is 35.8 Å². The van der Waals surface area contributed by atoms with Crippen molar-refractivity contribution in [2.45, 2.75) is 39.5 Å². The van der Waals surface area contributed by atoms with Gasteiger partial charge in [0.15, 0.2) is 0 Å². The van der Waals surface area contributed by atoms with Gasteiger partial charge in [0, 0.05) is 0 Å². The summed E-state index contributed by atoms with van der Waals surface area (Å²) in [5.41, 5.74) is -1.33. The minimum atomic E-state index is -0.959. The van der Waals surface area contributed by atoms with Crippen LogP contribution in [-0.4, -0.2) is 75.5 Å². The smallest absolute Gasteiger partial charge is 0.344 e. The van der Waals surface area contributed by atoms with Crippen molar-refractivity contribution in [3.05, 3.63) is 36.5 Å². The molecule has 0 aliphatic rings. The molecule has 0 aromatic heterocycles. The number of carbonyl (C=O) groups excluding carboxylic acids is 6. The fraction of sp³-hybridized carbons (Fsp3) is 0.500. The molecule has 0 aromatic carbocycles. The molecule has 0 fully saturated rings. The summed E-state index contributed by atoms with van der Waals surface area (Å²) in [7, 11) is 0. The molecule has 36 heavy (non-hydrogen) atoms. The average Bonchev–Trinajstić information content (AvgIpc) is 2.86. The zero-order valence-electron chi connectivity index (χ0n) is 20.6. The Morgan fingerprint density at radius 1 is 0.417 bits per heavy atom. The maximum absolute atomic E-state index is 11.9. The van der Waals surface area contributed by atoms with Crippen LogP contribution in [0.3, 0.4) is 0 Å². The predicted octanol–water partition coefficient (Wildman–Crippen LogP) is 1.51. The molecule has 0 aromatic rings. The van der Waals surface area contributed by atoms with E-state index in [2.05, 4.69) is 29.2 Å². The maximum atomic E-state index is 11.9. The summed E-state index contributed by atoms with van der Waals surface area (Å²) in [5.74, 6) is -5.44. The molecule has 0 radical (unpaired) electrons. The van der Waals surface area contributed by atoms with E-state index < -0.39 is 52.5 Å². The highest BCUT2D eigenvalue weighted by molar-refractivity contribution is 6.14. The Morgan fingerprint density at radius 3 is 0.806 bits per heavy atom. The second-order valence-corrected chi connectivity index (χ2v) is 6.83. The lowest BCUT2D eigenvalue weighted by Gasteiger charge is -2.09. The van der Waals surface area contributed by atoms with Crippen molar-refractivity contribution >= 4 is 35.8 Å². The minimum absolute atomic E-state index is 0.0377. The van der Waals surface area contributed by atoms with Crippen LogP contribution in [0.5, 0.6) is 0 Å². The molecule has 200 valence electrons. The lowest BCUT2D eigenvalue weighted by atomic mass is 10.3. The molecule has 0 aliphatic heterocycles. The Hall–Kier alpha value is -3.96. The Balaban J connectivity index is 3.96. The highest BCUT2D eigenvalue weighted by atomic mass is 16.6. The van der Waals surface area contributed by atoms with E-state index in [1.165, 1.54) is 0 Å². The van der Waals surface area contributed by atoms with Gasteiger partial charge in [-0.05, 0) is 39.5 Å². The van der Waals surface area contributed by atoms with Gasteiger partial charge in [0.1, 0.15) is 16.7 Å². The van der Waals surface area contributed by atoms with Crippen LogP contribution in [0, 0.1) is 0 Å². The van der Waals surface area contributed by atoms with Crippen molar-refractivity contribution < 1.29 is 57.2 Å². The highest BCUT2D eigenvalue weighted by Gasteiger charge is 2.20. The molecule has 0 heterocycles. The Kier molecular flexibility index (Phi) is 16.4. The molecular formula is C24H32O12. The molecule has 12 heteroatoms. The monoisotopic (exact) mass is 512 g/mol. The van der Waals surface area contributed by atoms with Gasteiger partial charge in [-0.15, -0.1) is 0 Å². The van der Waals surface area contributed by atoms with Crippen LogP contribution in [0.1, 0.15) is 39.5 Å². The summed E-state index contributed by atoms with van der Waals surface area (Å²) >= 11 is 0. The number of unbranched alkanes of at least 4 members (excludes halogenated alkanes) is 2. The summed E-state index contributed by atoms with van der Waals surface area (Å²) in [4.78, 5) is 69.6. The van der Waals surface area contributed by atoms with Gasteiger partial charge in [-0.25, -0.2) is 28.8 Å². The fourth-order valence-corrected chi connectivity index (χ4v) is 2.10. The van der Waals surface area contributed by atoms with Crippen LogP contribution in [0.4, 0.5) is 0 Å². The third-order valence-electron chi connectivity index (χ3n) is 4.04. The van der Waals surface area contributed by atoms with Gasteiger partial charge in [-0.2, -0.15) is 0 Å². The van der Waals surface area contributed by atoms with E-state index >= 15 is 0 Å². The minimum Gasteiger partial charge on any atom is -0.462 e. The van der Waals surface area contributed by atoms with Crippen molar-refractivity contribution in [3.63, 3.8) is 0 Å². The van der Waals surface area contributed by atoms with Gasteiger partial charge < -0.3 is 28.4 Å². The maximum Gasteiger partial charge on any atom is 0.344 e. The molecule has 0 saturated heterocycles. The van der Waals surface area contributed by atoms with Crippen molar-refractivity contribution in [2.24, 2.45) is 0 Å². The van der Waals surface area contributed by atoms with Crippen molar-refractivity contribution in [3.8, 4) is 0 Å². The number of rotatable bonds is 18. The topological polar surface area (TPSA) is 158 Å². The van der Waals surface area contributed by atoms with E-state index in [9.17, 15) is 28.8 Å². The summed E-state index contributed by atoms with van der Waals surface area (Å²) < 4.78 is 28.8. The largest absolute Gasteiger partial charge is 0.462 e. The molecule has 0 bridgehead atoms. The molecule has 0 spiro atoms. The number of carbonyl (C=O) groups is 6. The average molecular weight is 513 g/mol. The predicted molar refractivity (Wildman–Crippen MR) is 123 cm³/mol. The first-order valence-corrected chi connectivity index (χ1v) is 11.2. The molecular weight excluding hydrogens is 480 g/mol. The molecule has 0 rings (SSSR count). The summed E-state index contributed by atoms with van der Waals surface area (Å²) in [5, 5.41) is 0. The molecule has 0 unspecified atom stereocenters. The van der Waals surface area contributed by atoms with Crippen LogP contribution >= 0.6 is 0 Å². The van der Waals surface area contributed by atoms with E-state index in [-0.39, 0.29) is 39.6 Å². The van der Waals surface area contributed by atoms with Crippen molar-refractivity contribution in [1.29, 1.82) is 0 Å². The molecule has 0 atom stereocenters. The summed E-state index contributed by atoms with van der Waals surface area (Å²) in [6, 6.07) is 0. The SMILES string of the molecule is C=C(C(=O)OCC)C(=O)OCCCCOC(=O)C(=C)C(=O)OCCCCOC(=O)C(=C)C(=O)OCC. The summed E-state index contributed by atoms with van der Waals surface area (Å²) in [6.45, 7) is 13.1. The first kappa shape index (κ1) is 32.0. The lowest BCUT2D eigenvalue weighted by Crippen LogP contribution is -2.19. The van der Waals surface area contributed by atoms with Crippen molar-refractivity contribution in [2.75, 3.05) is 39.6 Å². The molecule has 0 saturated carbocycles.